The first kappa shape index (κ1) is 17.3. The molecule has 2 unspecified atom stereocenters. The Labute approximate surface area is 137 Å². The minimum Gasteiger partial charge on any atom is -0.481 e. The molecule has 1 amide bonds. The predicted octanol–water partition coefficient (Wildman–Crippen LogP) is 2.90. The molecule has 1 aliphatic heterocycles. The lowest BCUT2D eigenvalue weighted by Gasteiger charge is -2.32. The van der Waals surface area contributed by atoms with Crippen molar-refractivity contribution < 1.29 is 19.4 Å². The van der Waals surface area contributed by atoms with Crippen LogP contribution in [0, 0.1) is 5.92 Å². The second-order valence-electron chi connectivity index (χ2n) is 6.45. The fourth-order valence-electron chi connectivity index (χ4n) is 2.82. The van der Waals surface area contributed by atoms with E-state index < -0.39 is 18.0 Å². The van der Waals surface area contributed by atoms with Gasteiger partial charge in [-0.25, -0.2) is 0 Å². The molecule has 5 nitrogen and oxygen atoms in total. The fraction of sp³-hybridized carbons (Fsp3) is 0.556. The van der Waals surface area contributed by atoms with Crippen LogP contribution < -0.4 is 4.74 Å². The van der Waals surface area contributed by atoms with Gasteiger partial charge in [-0.05, 0) is 43.4 Å². The van der Waals surface area contributed by atoms with Gasteiger partial charge in [-0.2, -0.15) is 0 Å². The highest BCUT2D eigenvalue weighted by Crippen LogP contribution is 2.21. The maximum atomic E-state index is 12.5. The van der Waals surface area contributed by atoms with Crippen molar-refractivity contribution in [2.24, 2.45) is 5.92 Å². The summed E-state index contributed by atoms with van der Waals surface area (Å²) in [6, 6.07) is 7.74. The molecule has 2 atom stereocenters. The normalized spacial score (nSPS) is 19.5. The van der Waals surface area contributed by atoms with Crippen molar-refractivity contribution in [2.75, 3.05) is 13.1 Å². The molecule has 0 spiro atoms. The summed E-state index contributed by atoms with van der Waals surface area (Å²) in [5.74, 6) is -0.346. The highest BCUT2D eigenvalue weighted by atomic mass is 16.5. The van der Waals surface area contributed by atoms with E-state index in [2.05, 4.69) is 13.8 Å². The van der Waals surface area contributed by atoms with E-state index in [4.69, 9.17) is 9.84 Å². The Bertz CT molecular complexity index is 553. The molecule has 0 saturated carbocycles. The van der Waals surface area contributed by atoms with Crippen LogP contribution in [0.15, 0.2) is 24.3 Å². The molecule has 0 aromatic heterocycles. The number of nitrogens with zero attached hydrogens (tertiary/aromatic N) is 1. The predicted molar refractivity (Wildman–Crippen MR) is 87.6 cm³/mol. The van der Waals surface area contributed by atoms with Crippen molar-refractivity contribution >= 4 is 11.9 Å². The molecule has 1 aromatic carbocycles. The maximum absolute atomic E-state index is 12.5. The van der Waals surface area contributed by atoms with Crippen LogP contribution in [0.2, 0.25) is 0 Å². The van der Waals surface area contributed by atoms with Crippen LogP contribution in [-0.4, -0.2) is 41.1 Å². The first-order valence-electron chi connectivity index (χ1n) is 8.16. The van der Waals surface area contributed by atoms with Gasteiger partial charge in [0.1, 0.15) is 5.75 Å². The van der Waals surface area contributed by atoms with Crippen molar-refractivity contribution in [3.63, 3.8) is 0 Å². The number of hydrogen-bond donors (Lipinski definition) is 1. The van der Waals surface area contributed by atoms with Crippen LogP contribution in [0.25, 0.3) is 0 Å². The van der Waals surface area contributed by atoms with E-state index in [0.717, 1.165) is 6.42 Å². The minimum absolute atomic E-state index is 0.149. The molecule has 5 heteroatoms. The second kappa shape index (κ2) is 7.49. The molecule has 0 radical (unpaired) electrons. The first-order valence-corrected chi connectivity index (χ1v) is 8.16. The quantitative estimate of drug-likeness (QED) is 0.906. The van der Waals surface area contributed by atoms with E-state index in [-0.39, 0.29) is 12.5 Å². The number of benzene rings is 1. The summed E-state index contributed by atoms with van der Waals surface area (Å²) >= 11 is 0. The number of rotatable bonds is 5. The topological polar surface area (TPSA) is 66.8 Å². The van der Waals surface area contributed by atoms with Gasteiger partial charge in [-0.1, -0.05) is 26.0 Å². The number of aliphatic carboxylic acids is 1. The number of hydrogen-bond acceptors (Lipinski definition) is 3. The van der Waals surface area contributed by atoms with E-state index in [1.807, 2.05) is 24.3 Å². The zero-order valence-electron chi connectivity index (χ0n) is 14.0. The highest BCUT2D eigenvalue weighted by Gasteiger charge is 2.30. The second-order valence-corrected chi connectivity index (χ2v) is 6.45. The van der Waals surface area contributed by atoms with Gasteiger partial charge in [0.05, 0.1) is 5.92 Å². The van der Waals surface area contributed by atoms with Crippen LogP contribution >= 0.6 is 0 Å². The molecule has 1 heterocycles. The Balaban J connectivity index is 1.95. The van der Waals surface area contributed by atoms with Gasteiger partial charge in [-0.15, -0.1) is 0 Å². The van der Waals surface area contributed by atoms with Gasteiger partial charge in [0.25, 0.3) is 5.91 Å². The van der Waals surface area contributed by atoms with Crippen molar-refractivity contribution in [1.82, 2.24) is 4.90 Å². The van der Waals surface area contributed by atoms with Gasteiger partial charge in [0, 0.05) is 13.1 Å². The number of amides is 1. The van der Waals surface area contributed by atoms with E-state index in [1.54, 1.807) is 11.8 Å². The van der Waals surface area contributed by atoms with Gasteiger partial charge >= 0.3 is 5.97 Å². The Hall–Kier alpha value is -2.04. The van der Waals surface area contributed by atoms with Crippen LogP contribution in [0.3, 0.4) is 0 Å². The molecule has 23 heavy (non-hydrogen) atoms. The minimum atomic E-state index is -0.833. The lowest BCUT2D eigenvalue weighted by Crippen LogP contribution is -2.47. The van der Waals surface area contributed by atoms with Crippen molar-refractivity contribution in [2.45, 2.75) is 45.6 Å². The van der Waals surface area contributed by atoms with Gasteiger partial charge in [0.2, 0.25) is 0 Å². The number of piperidine rings is 1. The largest absolute Gasteiger partial charge is 0.481 e. The van der Waals surface area contributed by atoms with Gasteiger partial charge in [0.15, 0.2) is 6.10 Å². The number of carboxylic acid groups (broad SMARTS) is 1. The molecular weight excluding hydrogens is 294 g/mol. The molecule has 126 valence electrons. The summed E-state index contributed by atoms with van der Waals surface area (Å²) < 4.78 is 5.72. The smallest absolute Gasteiger partial charge is 0.308 e. The Kier molecular flexibility index (Phi) is 5.64. The monoisotopic (exact) mass is 319 g/mol. The van der Waals surface area contributed by atoms with Gasteiger partial charge in [-0.3, -0.25) is 9.59 Å². The molecule has 1 aliphatic rings. The van der Waals surface area contributed by atoms with Crippen molar-refractivity contribution in [1.29, 1.82) is 0 Å². The summed E-state index contributed by atoms with van der Waals surface area (Å²) in [4.78, 5) is 25.2. The average Bonchev–Trinajstić information content (AvgIpc) is 2.54. The summed E-state index contributed by atoms with van der Waals surface area (Å²) in [5.41, 5.74) is 1.22. The van der Waals surface area contributed by atoms with E-state index >= 15 is 0 Å². The van der Waals surface area contributed by atoms with Crippen LogP contribution in [0.1, 0.15) is 45.1 Å². The van der Waals surface area contributed by atoms with Crippen LogP contribution in [0.5, 0.6) is 5.75 Å². The number of likely N-dealkylation sites (tertiary alicyclic amines) is 1. The summed E-state index contributed by atoms with van der Waals surface area (Å²) in [5, 5.41) is 9.11. The van der Waals surface area contributed by atoms with E-state index in [1.165, 1.54) is 5.56 Å². The summed E-state index contributed by atoms with van der Waals surface area (Å²) in [6.45, 7) is 6.83. The Morgan fingerprint density at radius 2 is 1.87 bits per heavy atom. The molecule has 1 fully saturated rings. The molecule has 2 rings (SSSR count). The number of carbonyl (C=O) groups is 2. The summed E-state index contributed by atoms with van der Waals surface area (Å²) in [6.07, 6.45) is 0.733. The van der Waals surface area contributed by atoms with E-state index in [0.29, 0.717) is 24.6 Å². The lowest BCUT2D eigenvalue weighted by atomic mass is 9.98. The number of carbonyl (C=O) groups excluding carboxylic acids is 1. The molecule has 1 aromatic rings. The molecule has 0 bridgehead atoms. The fourth-order valence-corrected chi connectivity index (χ4v) is 2.82. The van der Waals surface area contributed by atoms with Crippen LogP contribution in [0.4, 0.5) is 0 Å². The lowest BCUT2D eigenvalue weighted by molar-refractivity contribution is -0.147. The third-order valence-corrected chi connectivity index (χ3v) is 4.29. The number of ether oxygens (including phenoxy) is 1. The van der Waals surface area contributed by atoms with Crippen LogP contribution in [-0.2, 0) is 9.59 Å². The Morgan fingerprint density at radius 1 is 1.22 bits per heavy atom. The Morgan fingerprint density at radius 3 is 2.43 bits per heavy atom. The zero-order valence-corrected chi connectivity index (χ0v) is 14.0. The molecule has 1 saturated heterocycles. The van der Waals surface area contributed by atoms with E-state index in [9.17, 15) is 9.59 Å². The first-order chi connectivity index (χ1) is 10.9. The SMILES string of the molecule is CC(Oc1ccc(C(C)C)cc1)C(=O)N1CCCC(C(=O)O)C1. The number of carboxylic acids is 1. The summed E-state index contributed by atoms with van der Waals surface area (Å²) in [7, 11) is 0. The molecular formula is C18H25NO4. The maximum Gasteiger partial charge on any atom is 0.308 e. The van der Waals surface area contributed by atoms with Gasteiger partial charge < -0.3 is 14.7 Å². The molecule has 1 N–H and O–H groups in total. The zero-order chi connectivity index (χ0) is 17.0. The molecule has 0 aliphatic carbocycles. The van der Waals surface area contributed by atoms with Crippen molar-refractivity contribution in [3.05, 3.63) is 29.8 Å². The highest BCUT2D eigenvalue weighted by molar-refractivity contribution is 5.82. The van der Waals surface area contributed by atoms with Crippen molar-refractivity contribution in [3.8, 4) is 5.75 Å². The third kappa shape index (κ3) is 4.47. The third-order valence-electron chi connectivity index (χ3n) is 4.29. The average molecular weight is 319 g/mol. The standard InChI is InChI=1S/C18H25NO4/c1-12(2)14-6-8-16(9-7-14)23-13(3)17(20)19-10-4-5-15(11-19)18(21)22/h6-9,12-13,15H,4-5,10-11H2,1-3H3,(H,21,22).